The molecule has 0 aromatic heterocycles. The maximum absolute atomic E-state index is 14.0. The average molecular weight is 321 g/mol. The minimum atomic E-state index is -0.263. The van der Waals surface area contributed by atoms with E-state index in [9.17, 15) is 4.39 Å². The van der Waals surface area contributed by atoms with Crippen molar-refractivity contribution < 1.29 is 4.39 Å². The molecule has 98 valence electrons. The highest BCUT2D eigenvalue weighted by Crippen LogP contribution is 2.40. The zero-order valence-electron chi connectivity index (χ0n) is 10.2. The molecule has 0 aliphatic carbocycles. The summed E-state index contributed by atoms with van der Waals surface area (Å²) in [6.07, 6.45) is 0.757. The Kier molecular flexibility index (Phi) is 3.29. The zero-order chi connectivity index (χ0) is 13.4. The van der Waals surface area contributed by atoms with Crippen LogP contribution in [0.4, 0.5) is 10.1 Å². The molecule has 2 atom stereocenters. The minimum Gasteiger partial charge on any atom is -0.376 e. The molecule has 1 unspecified atom stereocenters. The molecule has 0 fully saturated rings. The molecule has 0 amide bonds. The lowest BCUT2D eigenvalue weighted by Gasteiger charge is -2.32. The number of nitrogens with two attached hydrogens (primary N) is 1. The molecule has 3 rings (SSSR count). The molecule has 1 aliphatic heterocycles. The van der Waals surface area contributed by atoms with E-state index >= 15 is 0 Å². The lowest BCUT2D eigenvalue weighted by atomic mass is 9.90. The van der Waals surface area contributed by atoms with E-state index in [1.165, 1.54) is 6.07 Å². The molecular formula is C15H14BrFN2. The van der Waals surface area contributed by atoms with E-state index in [0.29, 0.717) is 5.69 Å². The van der Waals surface area contributed by atoms with Crippen molar-refractivity contribution in [3.05, 3.63) is 63.9 Å². The fourth-order valence-electron chi connectivity index (χ4n) is 2.56. The predicted molar refractivity (Wildman–Crippen MR) is 78.5 cm³/mol. The van der Waals surface area contributed by atoms with Gasteiger partial charge in [0.25, 0.3) is 0 Å². The van der Waals surface area contributed by atoms with Crippen LogP contribution in [-0.4, -0.2) is 0 Å². The number of benzene rings is 2. The van der Waals surface area contributed by atoms with Gasteiger partial charge in [-0.2, -0.15) is 0 Å². The molecule has 0 bridgehead atoms. The van der Waals surface area contributed by atoms with E-state index in [0.717, 1.165) is 22.0 Å². The van der Waals surface area contributed by atoms with Gasteiger partial charge in [0.1, 0.15) is 5.82 Å². The normalized spacial score (nSPS) is 21.6. The Bertz CT molecular complexity index is 601. The van der Waals surface area contributed by atoms with Crippen molar-refractivity contribution in [2.75, 3.05) is 5.32 Å². The zero-order valence-corrected chi connectivity index (χ0v) is 11.8. The first kappa shape index (κ1) is 12.6. The molecule has 4 heteroatoms. The van der Waals surface area contributed by atoms with Gasteiger partial charge in [0.05, 0.1) is 11.7 Å². The number of rotatable bonds is 1. The van der Waals surface area contributed by atoms with E-state index in [2.05, 4.69) is 21.2 Å². The minimum absolute atomic E-state index is 0.0550. The quantitative estimate of drug-likeness (QED) is 0.828. The highest BCUT2D eigenvalue weighted by molar-refractivity contribution is 9.10. The van der Waals surface area contributed by atoms with Crippen LogP contribution in [0.1, 0.15) is 29.6 Å². The Labute approximate surface area is 120 Å². The SMILES string of the molecule is NC1C[C@H](c2ccccc2)Nc2c(F)cc(Br)cc21. The van der Waals surface area contributed by atoms with Crippen LogP contribution >= 0.6 is 15.9 Å². The number of halogens is 2. The van der Waals surface area contributed by atoms with Gasteiger partial charge >= 0.3 is 0 Å². The summed E-state index contributed by atoms with van der Waals surface area (Å²) >= 11 is 3.31. The third-order valence-electron chi connectivity index (χ3n) is 3.50. The van der Waals surface area contributed by atoms with Gasteiger partial charge in [0.15, 0.2) is 0 Å². The second-order valence-electron chi connectivity index (χ2n) is 4.80. The maximum atomic E-state index is 14.0. The second kappa shape index (κ2) is 4.94. The second-order valence-corrected chi connectivity index (χ2v) is 5.72. The third kappa shape index (κ3) is 2.38. The van der Waals surface area contributed by atoms with Crippen LogP contribution in [0.2, 0.25) is 0 Å². The highest BCUT2D eigenvalue weighted by Gasteiger charge is 2.27. The van der Waals surface area contributed by atoms with Gasteiger partial charge in [0, 0.05) is 10.5 Å². The summed E-state index contributed by atoms with van der Waals surface area (Å²) in [5.74, 6) is -0.263. The molecule has 2 aromatic carbocycles. The first-order valence-electron chi connectivity index (χ1n) is 6.21. The topological polar surface area (TPSA) is 38.0 Å². The summed E-state index contributed by atoms with van der Waals surface area (Å²) in [6, 6.07) is 13.2. The fourth-order valence-corrected chi connectivity index (χ4v) is 3.00. The van der Waals surface area contributed by atoms with Crippen LogP contribution < -0.4 is 11.1 Å². The first-order valence-corrected chi connectivity index (χ1v) is 7.00. The molecule has 3 N–H and O–H groups in total. The molecule has 2 nitrogen and oxygen atoms in total. The molecule has 0 saturated carbocycles. The standard InChI is InChI=1S/C15H14BrFN2/c16-10-6-11-13(18)8-14(9-4-2-1-3-5-9)19-15(11)12(17)7-10/h1-7,13-14,19H,8,18H2/t13?,14-/m1/s1. The summed E-state index contributed by atoms with van der Waals surface area (Å²) in [7, 11) is 0. The van der Waals surface area contributed by atoms with Crippen molar-refractivity contribution in [2.45, 2.75) is 18.5 Å². The Balaban J connectivity index is 2.00. The first-order chi connectivity index (χ1) is 9.15. The predicted octanol–water partition coefficient (Wildman–Crippen LogP) is 4.14. The van der Waals surface area contributed by atoms with Crippen LogP contribution in [0.3, 0.4) is 0 Å². The number of hydrogen-bond acceptors (Lipinski definition) is 2. The Morgan fingerprint density at radius 2 is 1.95 bits per heavy atom. The van der Waals surface area contributed by atoms with E-state index in [1.807, 2.05) is 36.4 Å². The molecule has 19 heavy (non-hydrogen) atoms. The smallest absolute Gasteiger partial charge is 0.147 e. The van der Waals surface area contributed by atoms with Gasteiger partial charge < -0.3 is 11.1 Å². The molecular weight excluding hydrogens is 307 g/mol. The Hall–Kier alpha value is -1.39. The van der Waals surface area contributed by atoms with Crippen LogP contribution in [0.15, 0.2) is 46.9 Å². The van der Waals surface area contributed by atoms with E-state index < -0.39 is 0 Å². The molecule has 2 aromatic rings. The van der Waals surface area contributed by atoms with Gasteiger partial charge in [-0.1, -0.05) is 46.3 Å². The van der Waals surface area contributed by atoms with Crippen LogP contribution in [-0.2, 0) is 0 Å². The highest BCUT2D eigenvalue weighted by atomic mass is 79.9. The molecule has 1 heterocycles. The maximum Gasteiger partial charge on any atom is 0.147 e. The van der Waals surface area contributed by atoms with Crippen molar-refractivity contribution in [3.63, 3.8) is 0 Å². The summed E-state index contributed by atoms with van der Waals surface area (Å²) in [5, 5.41) is 3.26. The third-order valence-corrected chi connectivity index (χ3v) is 3.95. The lowest BCUT2D eigenvalue weighted by molar-refractivity contribution is 0.541. The summed E-state index contributed by atoms with van der Waals surface area (Å²) in [4.78, 5) is 0. The van der Waals surface area contributed by atoms with Crippen LogP contribution in [0, 0.1) is 5.82 Å². The lowest BCUT2D eigenvalue weighted by Crippen LogP contribution is -2.26. The van der Waals surface area contributed by atoms with Crippen molar-refractivity contribution in [2.24, 2.45) is 5.73 Å². The van der Waals surface area contributed by atoms with E-state index in [1.54, 1.807) is 0 Å². The number of hydrogen-bond donors (Lipinski definition) is 2. The summed E-state index contributed by atoms with van der Waals surface area (Å²) < 4.78 is 14.8. The van der Waals surface area contributed by atoms with E-state index in [-0.39, 0.29) is 17.9 Å². The fraction of sp³-hybridized carbons (Fsp3) is 0.200. The Morgan fingerprint density at radius 3 is 2.68 bits per heavy atom. The number of nitrogens with one attached hydrogen (secondary N) is 1. The average Bonchev–Trinajstić information content (AvgIpc) is 2.41. The molecule has 0 radical (unpaired) electrons. The van der Waals surface area contributed by atoms with Gasteiger partial charge in [-0.25, -0.2) is 4.39 Å². The Morgan fingerprint density at radius 1 is 1.21 bits per heavy atom. The van der Waals surface area contributed by atoms with E-state index in [4.69, 9.17) is 5.73 Å². The molecule has 1 aliphatic rings. The van der Waals surface area contributed by atoms with Crippen molar-refractivity contribution >= 4 is 21.6 Å². The summed E-state index contributed by atoms with van der Waals surface area (Å²) in [6.45, 7) is 0. The van der Waals surface area contributed by atoms with Crippen molar-refractivity contribution in [1.29, 1.82) is 0 Å². The molecule has 0 spiro atoms. The van der Waals surface area contributed by atoms with Crippen molar-refractivity contribution in [3.8, 4) is 0 Å². The van der Waals surface area contributed by atoms with Gasteiger partial charge in [0.2, 0.25) is 0 Å². The van der Waals surface area contributed by atoms with Gasteiger partial charge in [-0.05, 0) is 29.7 Å². The summed E-state index contributed by atoms with van der Waals surface area (Å²) in [5.41, 5.74) is 8.67. The largest absolute Gasteiger partial charge is 0.376 e. The van der Waals surface area contributed by atoms with Crippen molar-refractivity contribution in [1.82, 2.24) is 0 Å². The number of fused-ring (bicyclic) bond motifs is 1. The molecule has 0 saturated heterocycles. The van der Waals surface area contributed by atoms with Crippen LogP contribution in [0.25, 0.3) is 0 Å². The van der Waals surface area contributed by atoms with Gasteiger partial charge in [-0.15, -0.1) is 0 Å². The van der Waals surface area contributed by atoms with Crippen LogP contribution in [0.5, 0.6) is 0 Å². The number of anilines is 1. The van der Waals surface area contributed by atoms with Gasteiger partial charge in [-0.3, -0.25) is 0 Å². The monoisotopic (exact) mass is 320 g/mol.